The van der Waals surface area contributed by atoms with E-state index in [4.69, 9.17) is 4.74 Å². The summed E-state index contributed by atoms with van der Waals surface area (Å²) < 4.78 is 44.2. The average Bonchev–Trinajstić information content (AvgIpc) is 3.49. The third-order valence-electron chi connectivity index (χ3n) is 4.39. The number of guanidine groups is 1. The summed E-state index contributed by atoms with van der Waals surface area (Å²) in [6.07, 6.45) is -1.14. The molecule has 0 bridgehead atoms. The number of carbonyl (C=O) groups excluding carboxylic acids is 1. The summed E-state index contributed by atoms with van der Waals surface area (Å²) in [6.45, 7) is 2.11. The van der Waals surface area contributed by atoms with Crippen LogP contribution in [0.1, 0.15) is 30.4 Å². The highest BCUT2D eigenvalue weighted by Crippen LogP contribution is 2.29. The number of nitrogens with zero attached hydrogens (tertiary/aromatic N) is 2. The van der Waals surface area contributed by atoms with Crippen LogP contribution in [0.25, 0.3) is 0 Å². The van der Waals surface area contributed by atoms with Crippen LogP contribution >= 0.6 is 24.0 Å². The molecule has 0 heterocycles. The van der Waals surface area contributed by atoms with Crippen molar-refractivity contribution < 1.29 is 22.7 Å². The molecule has 0 unspecified atom stereocenters. The van der Waals surface area contributed by atoms with E-state index in [1.165, 1.54) is 23.8 Å². The van der Waals surface area contributed by atoms with E-state index in [9.17, 15) is 18.0 Å². The lowest BCUT2D eigenvalue weighted by molar-refractivity contribution is -0.137. The van der Waals surface area contributed by atoms with Crippen molar-refractivity contribution in [2.45, 2.75) is 32.0 Å². The first-order valence-corrected chi connectivity index (χ1v) is 9.72. The first-order chi connectivity index (χ1) is 13.8. The molecule has 170 valence electrons. The topological polar surface area (TPSA) is 66.0 Å². The van der Waals surface area contributed by atoms with E-state index in [0.717, 1.165) is 25.2 Å². The zero-order valence-corrected chi connectivity index (χ0v) is 19.6. The van der Waals surface area contributed by atoms with Crippen LogP contribution < -0.4 is 10.6 Å². The summed E-state index contributed by atoms with van der Waals surface area (Å²) in [4.78, 5) is 17.6. The molecule has 10 heteroatoms. The number of ether oxygens (including phenoxy) is 1. The molecule has 0 spiro atoms. The largest absolute Gasteiger partial charge is 0.416 e. The van der Waals surface area contributed by atoms with E-state index in [2.05, 4.69) is 15.6 Å². The third-order valence-corrected chi connectivity index (χ3v) is 4.39. The molecule has 6 nitrogen and oxygen atoms in total. The standard InChI is InChI=1S/C20H29F3N4O2.HI/c1-27(2)18(28)13-26-19(24-9-4-10-29-14-15-7-8-15)25-12-16-5-3-6-17(11-16)20(21,22)23;/h3,5-6,11,15H,4,7-10,12-14H2,1-2H3,(H2,24,25,26);1H. The summed E-state index contributed by atoms with van der Waals surface area (Å²) in [6, 6.07) is 5.06. The molecule has 0 saturated heterocycles. The van der Waals surface area contributed by atoms with Crippen LogP contribution in [0.3, 0.4) is 0 Å². The van der Waals surface area contributed by atoms with E-state index < -0.39 is 11.7 Å². The zero-order chi connectivity index (χ0) is 21.3. The zero-order valence-electron chi connectivity index (χ0n) is 17.3. The van der Waals surface area contributed by atoms with E-state index in [-0.39, 0.29) is 43.0 Å². The number of nitrogens with one attached hydrogen (secondary N) is 2. The van der Waals surface area contributed by atoms with Crippen LogP contribution in [0.15, 0.2) is 29.3 Å². The van der Waals surface area contributed by atoms with Gasteiger partial charge < -0.3 is 20.3 Å². The van der Waals surface area contributed by atoms with Crippen molar-refractivity contribution in [1.29, 1.82) is 0 Å². The van der Waals surface area contributed by atoms with Crippen molar-refractivity contribution in [3.8, 4) is 0 Å². The van der Waals surface area contributed by atoms with Crippen LogP contribution in [0.4, 0.5) is 13.2 Å². The molecule has 1 aromatic rings. The number of carbonyl (C=O) groups is 1. The molecule has 0 atom stereocenters. The maximum atomic E-state index is 12.9. The Morgan fingerprint density at radius 1 is 1.27 bits per heavy atom. The van der Waals surface area contributed by atoms with Gasteiger partial charge >= 0.3 is 6.18 Å². The Morgan fingerprint density at radius 3 is 2.63 bits per heavy atom. The lowest BCUT2D eigenvalue weighted by Gasteiger charge is -2.15. The molecule has 1 saturated carbocycles. The van der Waals surface area contributed by atoms with E-state index >= 15 is 0 Å². The van der Waals surface area contributed by atoms with Crippen molar-refractivity contribution in [2.24, 2.45) is 10.9 Å². The molecule has 1 fully saturated rings. The van der Waals surface area contributed by atoms with Gasteiger partial charge in [0.1, 0.15) is 0 Å². The number of aliphatic imine (C=N–C) groups is 1. The van der Waals surface area contributed by atoms with E-state index in [0.29, 0.717) is 30.6 Å². The minimum Gasteiger partial charge on any atom is -0.381 e. The van der Waals surface area contributed by atoms with Crippen molar-refractivity contribution in [2.75, 3.05) is 40.4 Å². The second kappa shape index (κ2) is 13.0. The van der Waals surface area contributed by atoms with E-state index in [1.54, 1.807) is 20.2 Å². The van der Waals surface area contributed by atoms with Gasteiger partial charge in [-0.1, -0.05) is 12.1 Å². The fourth-order valence-electron chi connectivity index (χ4n) is 2.42. The number of halogens is 4. The Labute approximate surface area is 192 Å². The summed E-state index contributed by atoms with van der Waals surface area (Å²) in [5.74, 6) is 0.956. The molecular formula is C20H30F3IN4O2. The highest BCUT2D eigenvalue weighted by molar-refractivity contribution is 14.0. The normalized spacial score (nSPS) is 14.1. The van der Waals surface area contributed by atoms with Crippen molar-refractivity contribution in [3.05, 3.63) is 35.4 Å². The lowest BCUT2D eigenvalue weighted by Crippen LogP contribution is -2.43. The Morgan fingerprint density at radius 2 is 2.00 bits per heavy atom. The van der Waals surface area contributed by atoms with Crippen LogP contribution in [-0.4, -0.2) is 57.2 Å². The number of benzene rings is 1. The van der Waals surface area contributed by atoms with Gasteiger partial charge in [0.05, 0.1) is 18.7 Å². The van der Waals surface area contributed by atoms with Gasteiger partial charge in [0.15, 0.2) is 5.96 Å². The van der Waals surface area contributed by atoms with Crippen LogP contribution in [-0.2, 0) is 22.3 Å². The fraction of sp³-hybridized carbons (Fsp3) is 0.600. The summed E-state index contributed by atoms with van der Waals surface area (Å²) in [5, 5.41) is 6.02. The molecular weight excluding hydrogens is 512 g/mol. The SMILES string of the molecule is CN(C)C(=O)CNC(=NCc1cccc(C(F)(F)F)c1)NCCCOCC1CC1.I. The number of hydrogen-bond acceptors (Lipinski definition) is 3. The first kappa shape index (κ1) is 26.5. The molecule has 2 rings (SSSR count). The smallest absolute Gasteiger partial charge is 0.381 e. The van der Waals surface area contributed by atoms with Crippen LogP contribution in [0.2, 0.25) is 0 Å². The maximum absolute atomic E-state index is 12.9. The number of rotatable bonds is 10. The molecule has 0 aliphatic heterocycles. The molecule has 2 N–H and O–H groups in total. The average molecular weight is 542 g/mol. The number of likely N-dealkylation sites (N-methyl/N-ethyl adjacent to an activating group) is 1. The lowest BCUT2D eigenvalue weighted by atomic mass is 10.1. The minimum atomic E-state index is -4.39. The Kier molecular flexibility index (Phi) is 11.5. The highest BCUT2D eigenvalue weighted by Gasteiger charge is 2.30. The molecule has 1 amide bonds. The Hall–Kier alpha value is -1.56. The molecule has 0 radical (unpaired) electrons. The Balaban J connectivity index is 0.00000450. The summed E-state index contributed by atoms with van der Waals surface area (Å²) >= 11 is 0. The monoisotopic (exact) mass is 542 g/mol. The summed E-state index contributed by atoms with van der Waals surface area (Å²) in [5.41, 5.74) is -0.268. The number of hydrogen-bond donors (Lipinski definition) is 2. The molecule has 1 aromatic carbocycles. The predicted octanol–water partition coefficient (Wildman–Crippen LogP) is 3.26. The van der Waals surface area contributed by atoms with Crippen LogP contribution in [0, 0.1) is 5.92 Å². The van der Waals surface area contributed by atoms with Gasteiger partial charge in [0.2, 0.25) is 5.91 Å². The number of amides is 1. The van der Waals surface area contributed by atoms with Gasteiger partial charge in [-0.3, -0.25) is 4.79 Å². The van der Waals surface area contributed by atoms with Gasteiger partial charge in [-0.25, -0.2) is 4.99 Å². The third kappa shape index (κ3) is 10.5. The molecule has 0 aromatic heterocycles. The minimum absolute atomic E-state index is 0. The van der Waals surface area contributed by atoms with Gasteiger partial charge in [-0.05, 0) is 42.9 Å². The van der Waals surface area contributed by atoms with Gasteiger partial charge in [-0.2, -0.15) is 13.2 Å². The first-order valence-electron chi connectivity index (χ1n) is 9.72. The van der Waals surface area contributed by atoms with Crippen molar-refractivity contribution in [3.63, 3.8) is 0 Å². The predicted molar refractivity (Wildman–Crippen MR) is 121 cm³/mol. The van der Waals surface area contributed by atoms with E-state index in [1.807, 2.05) is 0 Å². The van der Waals surface area contributed by atoms with Crippen molar-refractivity contribution >= 4 is 35.8 Å². The van der Waals surface area contributed by atoms with Crippen LogP contribution in [0.5, 0.6) is 0 Å². The van der Waals surface area contributed by atoms with Gasteiger partial charge in [0, 0.05) is 33.9 Å². The van der Waals surface area contributed by atoms with Crippen molar-refractivity contribution in [1.82, 2.24) is 15.5 Å². The Bertz CT molecular complexity index is 695. The second-order valence-electron chi connectivity index (χ2n) is 7.30. The summed E-state index contributed by atoms with van der Waals surface area (Å²) in [7, 11) is 3.29. The number of alkyl halides is 3. The van der Waals surface area contributed by atoms with Gasteiger partial charge in [-0.15, -0.1) is 24.0 Å². The molecule has 30 heavy (non-hydrogen) atoms. The second-order valence-corrected chi connectivity index (χ2v) is 7.30. The maximum Gasteiger partial charge on any atom is 0.416 e. The highest BCUT2D eigenvalue weighted by atomic mass is 127. The molecule has 1 aliphatic carbocycles. The van der Waals surface area contributed by atoms with Gasteiger partial charge in [0.25, 0.3) is 0 Å². The quantitative estimate of drug-likeness (QED) is 0.206. The molecule has 1 aliphatic rings. The fourth-order valence-corrected chi connectivity index (χ4v) is 2.42.